The van der Waals surface area contributed by atoms with Crippen molar-refractivity contribution in [1.82, 2.24) is 10.6 Å². The van der Waals surface area contributed by atoms with Gasteiger partial charge < -0.3 is 25.2 Å². The summed E-state index contributed by atoms with van der Waals surface area (Å²) in [7, 11) is -4.61. The summed E-state index contributed by atoms with van der Waals surface area (Å²) in [6.45, 7) is 3.85. The summed E-state index contributed by atoms with van der Waals surface area (Å²) in [4.78, 5) is 58.9. The van der Waals surface area contributed by atoms with E-state index in [0.717, 1.165) is 11.1 Å². The van der Waals surface area contributed by atoms with Gasteiger partial charge in [0.1, 0.15) is 12.6 Å². The van der Waals surface area contributed by atoms with E-state index < -0.39 is 37.5 Å². The fraction of sp³-hybridized carbons (Fsp3) is 0.300. The molecule has 3 rings (SSSR count). The fourth-order valence-electron chi connectivity index (χ4n) is 4.23. The van der Waals surface area contributed by atoms with Crippen LogP contribution in [0.3, 0.4) is 0 Å². The number of carbonyl (C=O) groups excluding carboxylic acids is 3. The van der Waals surface area contributed by atoms with E-state index in [0.29, 0.717) is 6.42 Å². The molecule has 10 heteroatoms. The van der Waals surface area contributed by atoms with E-state index >= 15 is 0 Å². The molecule has 0 saturated heterocycles. The maximum atomic E-state index is 13.5. The summed E-state index contributed by atoms with van der Waals surface area (Å²) in [6.07, 6.45) is -0.581. The van der Waals surface area contributed by atoms with Crippen molar-refractivity contribution in [2.24, 2.45) is 5.92 Å². The van der Waals surface area contributed by atoms with Gasteiger partial charge in [-0.15, -0.1) is 0 Å². The molecule has 0 spiro atoms. The number of ketones is 1. The molecule has 0 radical (unpaired) electrons. The average molecular weight is 567 g/mol. The average Bonchev–Trinajstić information content (AvgIpc) is 2.91. The molecule has 2 amide bonds. The highest BCUT2D eigenvalue weighted by atomic mass is 31.2. The van der Waals surface area contributed by atoms with E-state index in [-0.39, 0.29) is 36.2 Å². The van der Waals surface area contributed by atoms with Crippen LogP contribution >= 0.6 is 7.60 Å². The normalized spacial score (nSPS) is 12.8. The van der Waals surface area contributed by atoms with Crippen molar-refractivity contribution in [2.75, 3.05) is 0 Å². The maximum Gasteiger partial charge on any atom is 0.408 e. The summed E-state index contributed by atoms with van der Waals surface area (Å²) < 4.78 is 17.3. The number of hydrogen-bond donors (Lipinski definition) is 4. The van der Waals surface area contributed by atoms with Crippen LogP contribution in [0.4, 0.5) is 4.79 Å². The number of amides is 2. The van der Waals surface area contributed by atoms with Gasteiger partial charge in [0.2, 0.25) is 5.91 Å². The molecule has 0 aromatic heterocycles. The smallest absolute Gasteiger partial charge is 0.408 e. The Kier molecular flexibility index (Phi) is 11.2. The lowest BCUT2D eigenvalue weighted by Crippen LogP contribution is -2.53. The third kappa shape index (κ3) is 9.75. The molecule has 3 aromatic rings. The minimum Gasteiger partial charge on any atom is -0.445 e. The number of alkyl carbamates (subject to hydrolysis) is 1. The van der Waals surface area contributed by atoms with Gasteiger partial charge in [-0.05, 0) is 41.5 Å². The summed E-state index contributed by atoms with van der Waals surface area (Å²) >= 11 is 0. The minimum absolute atomic E-state index is 0.0385. The number of hydrogen-bond acceptors (Lipinski definition) is 5. The van der Waals surface area contributed by atoms with Crippen molar-refractivity contribution in [1.29, 1.82) is 0 Å². The van der Waals surface area contributed by atoms with E-state index in [2.05, 4.69) is 10.6 Å². The van der Waals surface area contributed by atoms with Gasteiger partial charge in [0.25, 0.3) is 0 Å². The SMILES string of the molecule is CC(C)C[C@H](NC(=O)OCc1ccccc1)C(=O)NC(Cc1ccccc1)C(=O)Cc1ccccc1P(=O)(O)O. The maximum absolute atomic E-state index is 13.5. The van der Waals surface area contributed by atoms with Crippen LogP contribution in [-0.2, 0) is 38.3 Å². The van der Waals surface area contributed by atoms with Crippen LogP contribution in [0, 0.1) is 5.92 Å². The Balaban J connectivity index is 1.77. The van der Waals surface area contributed by atoms with Crippen molar-refractivity contribution in [3.8, 4) is 0 Å². The lowest BCUT2D eigenvalue weighted by atomic mass is 9.96. The molecule has 1 unspecified atom stereocenters. The zero-order valence-corrected chi connectivity index (χ0v) is 23.4. The van der Waals surface area contributed by atoms with Gasteiger partial charge >= 0.3 is 13.7 Å². The molecule has 9 nitrogen and oxygen atoms in total. The van der Waals surface area contributed by atoms with Gasteiger partial charge in [-0.3, -0.25) is 14.2 Å². The minimum atomic E-state index is -4.61. The summed E-state index contributed by atoms with van der Waals surface area (Å²) in [6, 6.07) is 22.1. The first kappa shape index (κ1) is 30.8. The van der Waals surface area contributed by atoms with E-state index in [1.54, 1.807) is 6.07 Å². The molecule has 0 saturated carbocycles. The molecule has 4 N–H and O–H groups in total. The zero-order valence-electron chi connectivity index (χ0n) is 22.5. The lowest BCUT2D eigenvalue weighted by molar-refractivity contribution is -0.129. The van der Waals surface area contributed by atoms with Crippen molar-refractivity contribution >= 4 is 30.7 Å². The molecular weight excluding hydrogens is 531 g/mol. The number of nitrogens with one attached hydrogen (secondary N) is 2. The van der Waals surface area contributed by atoms with Crippen LogP contribution < -0.4 is 15.9 Å². The Labute approximate surface area is 234 Å². The van der Waals surface area contributed by atoms with E-state index in [1.165, 1.54) is 18.2 Å². The van der Waals surface area contributed by atoms with E-state index in [4.69, 9.17) is 4.74 Å². The number of ether oxygens (including phenoxy) is 1. The van der Waals surface area contributed by atoms with E-state index in [9.17, 15) is 28.7 Å². The molecule has 0 aliphatic heterocycles. The lowest BCUT2D eigenvalue weighted by Gasteiger charge is -2.24. The molecule has 3 aromatic carbocycles. The fourth-order valence-corrected chi connectivity index (χ4v) is 5.04. The Morgan fingerprint density at radius 1 is 0.800 bits per heavy atom. The van der Waals surface area contributed by atoms with E-state index in [1.807, 2.05) is 74.5 Å². The molecule has 40 heavy (non-hydrogen) atoms. The van der Waals surface area contributed by atoms with Gasteiger partial charge in [0.05, 0.1) is 11.3 Å². The quantitative estimate of drug-likeness (QED) is 0.231. The van der Waals surface area contributed by atoms with Crippen molar-refractivity contribution in [2.45, 2.75) is 51.8 Å². The number of rotatable bonds is 13. The highest BCUT2D eigenvalue weighted by Gasteiger charge is 2.29. The van der Waals surface area contributed by atoms with Gasteiger partial charge in [-0.1, -0.05) is 92.7 Å². The van der Waals surface area contributed by atoms with Crippen molar-refractivity contribution in [3.05, 3.63) is 102 Å². The second-order valence-electron chi connectivity index (χ2n) is 9.95. The van der Waals surface area contributed by atoms with Crippen LogP contribution in [0.25, 0.3) is 0 Å². The standard InChI is InChI=1S/C30H35N2O7P/c1-21(2)17-26(32-30(35)39-20-23-13-7-4-8-14-23)29(34)31-25(18-22-11-5-3-6-12-22)27(33)19-24-15-9-10-16-28(24)40(36,37)38/h3-16,21,25-26H,17-20H2,1-2H3,(H,31,34)(H,32,35)(H2,36,37,38)/t25?,26-/m0/s1. The van der Waals surface area contributed by atoms with Gasteiger partial charge in [-0.2, -0.15) is 0 Å². The topological polar surface area (TPSA) is 142 Å². The molecule has 0 aliphatic rings. The third-order valence-electron chi connectivity index (χ3n) is 6.19. The summed E-state index contributed by atoms with van der Waals surface area (Å²) in [5, 5.41) is 5.17. The van der Waals surface area contributed by atoms with Crippen LogP contribution in [0.2, 0.25) is 0 Å². The predicted molar refractivity (Wildman–Crippen MR) is 152 cm³/mol. The Morgan fingerprint density at radius 2 is 1.38 bits per heavy atom. The molecule has 0 bridgehead atoms. The molecular formula is C30H35N2O7P. The highest BCUT2D eigenvalue weighted by Crippen LogP contribution is 2.34. The van der Waals surface area contributed by atoms with Gasteiger partial charge in [0.15, 0.2) is 5.78 Å². The molecule has 212 valence electrons. The Morgan fingerprint density at radius 3 is 1.98 bits per heavy atom. The van der Waals surface area contributed by atoms with Gasteiger partial charge in [-0.25, -0.2) is 4.79 Å². The van der Waals surface area contributed by atoms with Crippen LogP contribution in [-0.4, -0.2) is 39.7 Å². The first-order chi connectivity index (χ1) is 19.0. The Hall–Kier alpha value is -3.78. The summed E-state index contributed by atoms with van der Waals surface area (Å²) in [5.74, 6) is -0.931. The molecule has 0 fully saturated rings. The van der Waals surface area contributed by atoms with Gasteiger partial charge in [0, 0.05) is 6.42 Å². The number of benzene rings is 3. The predicted octanol–water partition coefficient (Wildman–Crippen LogP) is 3.67. The molecule has 0 heterocycles. The second kappa shape index (κ2) is 14.6. The molecule has 0 aliphatic carbocycles. The van der Waals surface area contributed by atoms with Crippen LogP contribution in [0.15, 0.2) is 84.9 Å². The van der Waals surface area contributed by atoms with Crippen LogP contribution in [0.5, 0.6) is 0 Å². The van der Waals surface area contributed by atoms with Crippen molar-refractivity contribution in [3.63, 3.8) is 0 Å². The first-order valence-electron chi connectivity index (χ1n) is 13.0. The van der Waals surface area contributed by atoms with Crippen LogP contribution in [0.1, 0.15) is 37.0 Å². The summed E-state index contributed by atoms with van der Waals surface area (Å²) in [5.41, 5.74) is 1.78. The molecule has 2 atom stereocenters. The first-order valence-corrected chi connectivity index (χ1v) is 14.6. The largest absolute Gasteiger partial charge is 0.445 e. The Bertz CT molecular complexity index is 1330. The third-order valence-corrected chi connectivity index (χ3v) is 7.25. The monoisotopic (exact) mass is 566 g/mol. The van der Waals surface area contributed by atoms with Crippen molar-refractivity contribution < 1.29 is 33.5 Å². The second-order valence-corrected chi connectivity index (χ2v) is 11.5. The zero-order chi connectivity index (χ0) is 29.1. The highest BCUT2D eigenvalue weighted by molar-refractivity contribution is 7.60. The number of carbonyl (C=O) groups is 3. The number of Topliss-reactive ketones (excluding diaryl/α,β-unsaturated/α-hetero) is 1.